The Kier molecular flexibility index (Phi) is 5.89. The first-order valence-electron chi connectivity index (χ1n) is 6.10. The van der Waals surface area contributed by atoms with Crippen LogP contribution < -0.4 is 4.72 Å². The molecule has 0 saturated carbocycles. The molecule has 0 aromatic heterocycles. The summed E-state index contributed by atoms with van der Waals surface area (Å²) in [6, 6.07) is 5.53. The minimum Gasteiger partial charge on any atom is -0.444 e. The van der Waals surface area contributed by atoms with Gasteiger partial charge < -0.3 is 4.74 Å². The van der Waals surface area contributed by atoms with Crippen LogP contribution >= 0.6 is 15.9 Å². The molecule has 0 aliphatic rings. The summed E-state index contributed by atoms with van der Waals surface area (Å²) in [5, 5.41) is 8.64. The molecule has 6 nitrogen and oxygen atoms in total. The third-order valence-corrected chi connectivity index (χ3v) is 4.67. The molecule has 0 aliphatic heterocycles. The molecule has 0 radical (unpaired) electrons. The van der Waals surface area contributed by atoms with E-state index in [-0.39, 0.29) is 16.5 Å². The Labute approximate surface area is 132 Å². The minimum atomic E-state index is -3.71. The highest BCUT2D eigenvalue weighted by Gasteiger charge is 2.21. The summed E-state index contributed by atoms with van der Waals surface area (Å²) in [6.45, 7) is 4.81. The number of hydrogen-bond donors (Lipinski definition) is 1. The molecule has 0 bridgehead atoms. The van der Waals surface area contributed by atoms with Gasteiger partial charge in [-0.3, -0.25) is 0 Å². The Balaban J connectivity index is 3.17. The van der Waals surface area contributed by atoms with Gasteiger partial charge in [0.2, 0.25) is 10.0 Å². The maximum atomic E-state index is 12.1. The van der Waals surface area contributed by atoms with E-state index in [0.717, 1.165) is 0 Å². The van der Waals surface area contributed by atoms with Crippen LogP contribution in [0.2, 0.25) is 0 Å². The number of esters is 1. The number of nitrogens with one attached hydrogen (secondary N) is 1. The Morgan fingerprint density at radius 3 is 2.52 bits per heavy atom. The number of nitrogens with zero attached hydrogens (tertiary/aromatic N) is 1. The van der Waals surface area contributed by atoms with Crippen LogP contribution in [0.5, 0.6) is 0 Å². The second-order valence-electron chi connectivity index (χ2n) is 4.59. The lowest BCUT2D eigenvalue weighted by atomic mass is 10.2. The van der Waals surface area contributed by atoms with Gasteiger partial charge in [0.05, 0.1) is 10.5 Å². The fraction of sp³-hybridized carbons (Fsp3) is 0.385. The number of benzene rings is 1. The number of sulfonamides is 1. The molecule has 114 valence electrons. The predicted octanol–water partition coefficient (Wildman–Crippen LogP) is 2.20. The second-order valence-corrected chi connectivity index (χ2v) is 7.16. The van der Waals surface area contributed by atoms with Crippen LogP contribution in [-0.4, -0.2) is 26.5 Å². The number of rotatable bonds is 5. The number of hydrogen-bond acceptors (Lipinski definition) is 5. The number of ether oxygens (including phenoxy) is 1. The highest BCUT2D eigenvalue weighted by atomic mass is 79.9. The highest BCUT2D eigenvalue weighted by Crippen LogP contribution is 2.22. The Morgan fingerprint density at radius 1 is 1.38 bits per heavy atom. The normalized spacial score (nSPS) is 12.8. The fourth-order valence-corrected chi connectivity index (χ4v) is 3.14. The maximum Gasteiger partial charge on any atom is 0.340 e. The molecule has 0 heterocycles. The molecule has 1 aromatic rings. The van der Waals surface area contributed by atoms with Gasteiger partial charge in [-0.05, 0) is 54.9 Å². The first kappa shape index (κ1) is 17.6. The van der Waals surface area contributed by atoms with Crippen molar-refractivity contribution in [3.63, 3.8) is 0 Å². The summed E-state index contributed by atoms with van der Waals surface area (Å²) in [7, 11) is -3.71. The lowest BCUT2D eigenvalue weighted by molar-refractivity contribution is 0.0434. The van der Waals surface area contributed by atoms with Gasteiger partial charge in [0.15, 0.2) is 6.10 Å². The van der Waals surface area contributed by atoms with Gasteiger partial charge in [-0.15, -0.1) is 0 Å². The predicted molar refractivity (Wildman–Crippen MR) is 80.1 cm³/mol. The van der Waals surface area contributed by atoms with E-state index in [1.54, 1.807) is 19.9 Å². The molecule has 0 saturated heterocycles. The Morgan fingerprint density at radius 2 is 2.00 bits per heavy atom. The van der Waals surface area contributed by atoms with Crippen molar-refractivity contribution in [3.05, 3.63) is 28.2 Å². The standard InChI is InChI=1S/C13H15BrN2O4S/c1-8(2)16-21(18,19)10-4-5-12(14)11(6-10)13(17)20-9(3)7-15/h4-6,8-9,16H,1-3H3/t9-/m1/s1. The molecule has 21 heavy (non-hydrogen) atoms. The lowest BCUT2D eigenvalue weighted by Gasteiger charge is -2.12. The first-order valence-corrected chi connectivity index (χ1v) is 8.37. The van der Waals surface area contributed by atoms with E-state index < -0.39 is 22.1 Å². The second kappa shape index (κ2) is 7.02. The summed E-state index contributed by atoms with van der Waals surface area (Å²) in [5.74, 6) is -0.766. The van der Waals surface area contributed by atoms with E-state index in [0.29, 0.717) is 4.47 Å². The lowest BCUT2D eigenvalue weighted by Crippen LogP contribution is -2.30. The van der Waals surface area contributed by atoms with Crippen molar-refractivity contribution < 1.29 is 17.9 Å². The zero-order valence-electron chi connectivity index (χ0n) is 11.8. The van der Waals surface area contributed by atoms with Crippen LogP contribution in [0.4, 0.5) is 0 Å². The van der Waals surface area contributed by atoms with Gasteiger partial charge >= 0.3 is 5.97 Å². The zero-order chi connectivity index (χ0) is 16.2. The van der Waals surface area contributed by atoms with Gasteiger partial charge in [-0.2, -0.15) is 5.26 Å². The summed E-state index contributed by atoms with van der Waals surface area (Å²) in [6.07, 6.45) is -0.918. The smallest absolute Gasteiger partial charge is 0.340 e. The molecule has 1 atom stereocenters. The zero-order valence-corrected chi connectivity index (χ0v) is 14.2. The van der Waals surface area contributed by atoms with Crippen molar-refractivity contribution in [2.75, 3.05) is 0 Å². The van der Waals surface area contributed by atoms with E-state index >= 15 is 0 Å². The van der Waals surface area contributed by atoms with Gasteiger partial charge in [0, 0.05) is 10.5 Å². The molecule has 8 heteroatoms. The molecule has 0 fully saturated rings. The molecule has 0 amide bonds. The summed E-state index contributed by atoms with van der Waals surface area (Å²) >= 11 is 3.16. The third kappa shape index (κ3) is 4.81. The topological polar surface area (TPSA) is 96.3 Å². The summed E-state index contributed by atoms with van der Waals surface area (Å²) in [4.78, 5) is 11.9. The molecular weight excluding hydrogens is 360 g/mol. The van der Waals surface area contributed by atoms with Crippen LogP contribution in [0.3, 0.4) is 0 Å². The van der Waals surface area contributed by atoms with Gasteiger partial charge in [-0.1, -0.05) is 0 Å². The van der Waals surface area contributed by atoms with Crippen LogP contribution in [0.15, 0.2) is 27.6 Å². The van der Waals surface area contributed by atoms with Gasteiger partial charge in [0.25, 0.3) is 0 Å². The van der Waals surface area contributed by atoms with E-state index in [1.807, 2.05) is 0 Å². The van der Waals surface area contributed by atoms with E-state index in [1.165, 1.54) is 25.1 Å². The Bertz CT molecular complexity index is 680. The molecule has 0 spiro atoms. The van der Waals surface area contributed by atoms with Crippen LogP contribution in [0.25, 0.3) is 0 Å². The summed E-state index contributed by atoms with van der Waals surface area (Å²) < 4.78 is 31.8. The average Bonchev–Trinajstić information content (AvgIpc) is 2.37. The first-order chi connectivity index (χ1) is 9.67. The third-order valence-electron chi connectivity index (χ3n) is 2.32. The molecular formula is C13H15BrN2O4S. The molecule has 1 N–H and O–H groups in total. The van der Waals surface area contributed by atoms with Crippen molar-refractivity contribution in [2.45, 2.75) is 37.8 Å². The number of halogens is 1. The van der Waals surface area contributed by atoms with Crippen molar-refractivity contribution in [1.29, 1.82) is 5.26 Å². The number of nitriles is 1. The number of carbonyl (C=O) groups excluding carboxylic acids is 1. The van der Waals surface area contributed by atoms with E-state index in [2.05, 4.69) is 20.7 Å². The van der Waals surface area contributed by atoms with Crippen molar-refractivity contribution in [2.24, 2.45) is 0 Å². The minimum absolute atomic E-state index is 0.0451. The molecule has 1 aromatic carbocycles. The Hall–Kier alpha value is -1.43. The quantitative estimate of drug-likeness (QED) is 0.796. The fourth-order valence-electron chi connectivity index (χ4n) is 1.46. The largest absolute Gasteiger partial charge is 0.444 e. The van der Waals surface area contributed by atoms with E-state index in [9.17, 15) is 13.2 Å². The highest BCUT2D eigenvalue weighted by molar-refractivity contribution is 9.10. The average molecular weight is 375 g/mol. The van der Waals surface area contributed by atoms with E-state index in [4.69, 9.17) is 10.00 Å². The van der Waals surface area contributed by atoms with Crippen molar-refractivity contribution in [3.8, 4) is 6.07 Å². The van der Waals surface area contributed by atoms with Gasteiger partial charge in [0.1, 0.15) is 6.07 Å². The van der Waals surface area contributed by atoms with Crippen LogP contribution in [0, 0.1) is 11.3 Å². The monoisotopic (exact) mass is 374 g/mol. The van der Waals surface area contributed by atoms with Crippen molar-refractivity contribution >= 4 is 31.9 Å². The van der Waals surface area contributed by atoms with Crippen LogP contribution in [0.1, 0.15) is 31.1 Å². The number of carbonyl (C=O) groups is 1. The SMILES string of the molecule is CC(C)NS(=O)(=O)c1ccc(Br)c(C(=O)O[C@H](C)C#N)c1. The molecule has 0 unspecified atom stereocenters. The van der Waals surface area contributed by atoms with Crippen LogP contribution in [-0.2, 0) is 14.8 Å². The maximum absolute atomic E-state index is 12.1. The molecule has 0 aliphatic carbocycles. The molecule has 1 rings (SSSR count). The summed E-state index contributed by atoms with van der Waals surface area (Å²) in [5.41, 5.74) is 0.0451. The van der Waals surface area contributed by atoms with Crippen molar-refractivity contribution in [1.82, 2.24) is 4.72 Å². The van der Waals surface area contributed by atoms with Gasteiger partial charge in [-0.25, -0.2) is 17.9 Å².